The van der Waals surface area contributed by atoms with Crippen LogP contribution in [0.4, 0.5) is 5.00 Å². The van der Waals surface area contributed by atoms with Gasteiger partial charge in [-0.25, -0.2) is 9.48 Å². The molecule has 0 radical (unpaired) electrons. The van der Waals surface area contributed by atoms with Crippen molar-refractivity contribution in [3.63, 3.8) is 0 Å². The number of carbonyl (C=O) groups excluding carboxylic acids is 2. The Bertz CT molecular complexity index is 1280. The molecule has 4 rings (SSSR count). The summed E-state index contributed by atoms with van der Waals surface area (Å²) in [4.78, 5) is 25.8. The van der Waals surface area contributed by atoms with Crippen LogP contribution in [0.1, 0.15) is 44.6 Å². The Labute approximate surface area is 196 Å². The molecule has 0 unspecified atom stereocenters. The zero-order valence-electron chi connectivity index (χ0n) is 18.7. The van der Waals surface area contributed by atoms with Crippen LogP contribution in [-0.4, -0.2) is 33.5 Å². The standard InChI is InChI=1S/C25H24N4O3S/c1-4-32-25(31)21-20(19-12-10-16(2)11-13-19)15-33-24(21)26-23(30)22-17(3)29(28-27-22)14-18-8-6-5-7-9-18/h5-13,15H,4,14H2,1-3H3,(H,26,30). The van der Waals surface area contributed by atoms with Crippen LogP contribution in [0, 0.1) is 13.8 Å². The number of ether oxygens (including phenoxy) is 1. The predicted octanol–water partition coefficient (Wildman–Crippen LogP) is 5.10. The lowest BCUT2D eigenvalue weighted by atomic mass is 10.0. The van der Waals surface area contributed by atoms with Crippen LogP contribution in [0.5, 0.6) is 0 Å². The average molecular weight is 461 g/mol. The van der Waals surface area contributed by atoms with Crippen LogP contribution in [0.15, 0.2) is 60.0 Å². The fraction of sp³-hybridized carbons (Fsp3) is 0.200. The summed E-state index contributed by atoms with van der Waals surface area (Å²) in [7, 11) is 0. The molecule has 0 saturated heterocycles. The smallest absolute Gasteiger partial charge is 0.341 e. The van der Waals surface area contributed by atoms with E-state index in [4.69, 9.17) is 4.74 Å². The Balaban J connectivity index is 1.62. The maximum Gasteiger partial charge on any atom is 0.341 e. The monoisotopic (exact) mass is 460 g/mol. The van der Waals surface area contributed by atoms with Crippen molar-refractivity contribution >= 4 is 28.2 Å². The number of aryl methyl sites for hydroxylation is 1. The maximum atomic E-state index is 13.1. The second kappa shape index (κ2) is 9.79. The van der Waals surface area contributed by atoms with Gasteiger partial charge < -0.3 is 10.1 Å². The highest BCUT2D eigenvalue weighted by Gasteiger charge is 2.25. The molecular formula is C25H24N4O3S. The Morgan fingerprint density at radius 3 is 2.48 bits per heavy atom. The van der Waals surface area contributed by atoms with E-state index in [0.29, 0.717) is 22.8 Å². The summed E-state index contributed by atoms with van der Waals surface area (Å²) in [6.07, 6.45) is 0. The van der Waals surface area contributed by atoms with E-state index >= 15 is 0 Å². The summed E-state index contributed by atoms with van der Waals surface area (Å²) >= 11 is 1.28. The molecule has 1 amide bonds. The zero-order valence-corrected chi connectivity index (χ0v) is 19.5. The predicted molar refractivity (Wildman–Crippen MR) is 129 cm³/mol. The van der Waals surface area contributed by atoms with Crippen molar-refractivity contribution in [3.8, 4) is 11.1 Å². The van der Waals surface area contributed by atoms with Gasteiger partial charge in [-0.1, -0.05) is 65.4 Å². The van der Waals surface area contributed by atoms with Gasteiger partial charge in [0.05, 0.1) is 18.8 Å². The van der Waals surface area contributed by atoms with Crippen molar-refractivity contribution in [2.24, 2.45) is 0 Å². The minimum atomic E-state index is -0.478. The number of anilines is 1. The van der Waals surface area contributed by atoms with Gasteiger partial charge in [-0.3, -0.25) is 4.79 Å². The third kappa shape index (κ3) is 4.85. The number of benzene rings is 2. The van der Waals surface area contributed by atoms with Gasteiger partial charge in [-0.2, -0.15) is 0 Å². The molecule has 0 saturated carbocycles. The van der Waals surface area contributed by atoms with Crippen molar-refractivity contribution in [1.29, 1.82) is 0 Å². The fourth-order valence-corrected chi connectivity index (χ4v) is 4.39. The van der Waals surface area contributed by atoms with E-state index in [2.05, 4.69) is 15.6 Å². The first kappa shape index (κ1) is 22.4. The number of nitrogens with zero attached hydrogens (tertiary/aromatic N) is 3. The van der Waals surface area contributed by atoms with Gasteiger partial charge in [0.15, 0.2) is 5.69 Å². The van der Waals surface area contributed by atoms with Crippen molar-refractivity contribution in [1.82, 2.24) is 15.0 Å². The summed E-state index contributed by atoms with van der Waals surface area (Å²) in [5.74, 6) is -0.899. The first-order chi connectivity index (χ1) is 16.0. The molecule has 0 aliphatic carbocycles. The number of amides is 1. The molecule has 8 heteroatoms. The average Bonchev–Trinajstić information content (AvgIpc) is 3.39. The topological polar surface area (TPSA) is 86.1 Å². The molecule has 0 aliphatic rings. The van der Waals surface area contributed by atoms with E-state index in [9.17, 15) is 9.59 Å². The molecule has 0 atom stereocenters. The number of carbonyl (C=O) groups is 2. The Morgan fingerprint density at radius 2 is 1.79 bits per heavy atom. The number of hydrogen-bond donors (Lipinski definition) is 1. The zero-order chi connectivity index (χ0) is 23.4. The first-order valence-electron chi connectivity index (χ1n) is 10.6. The molecule has 0 aliphatic heterocycles. The van der Waals surface area contributed by atoms with Gasteiger partial charge >= 0.3 is 5.97 Å². The molecule has 0 fully saturated rings. The van der Waals surface area contributed by atoms with Crippen molar-refractivity contribution in [2.45, 2.75) is 27.3 Å². The number of aromatic nitrogens is 3. The molecule has 0 spiro atoms. The molecule has 2 aromatic heterocycles. The van der Waals surface area contributed by atoms with Gasteiger partial charge in [0, 0.05) is 10.9 Å². The highest BCUT2D eigenvalue weighted by molar-refractivity contribution is 7.15. The van der Waals surface area contributed by atoms with Crippen LogP contribution in [0.3, 0.4) is 0 Å². The molecule has 1 N–H and O–H groups in total. The van der Waals surface area contributed by atoms with Gasteiger partial charge in [0.2, 0.25) is 0 Å². The summed E-state index contributed by atoms with van der Waals surface area (Å²) < 4.78 is 6.96. The number of esters is 1. The third-order valence-electron chi connectivity index (χ3n) is 5.23. The Hall–Kier alpha value is -3.78. The number of rotatable bonds is 7. The number of nitrogens with one attached hydrogen (secondary N) is 1. The van der Waals surface area contributed by atoms with Gasteiger partial charge in [0.1, 0.15) is 10.6 Å². The summed E-state index contributed by atoms with van der Waals surface area (Å²) in [5.41, 5.74) is 4.98. The summed E-state index contributed by atoms with van der Waals surface area (Å²) in [6, 6.07) is 17.7. The van der Waals surface area contributed by atoms with Crippen LogP contribution in [0.2, 0.25) is 0 Å². The van der Waals surface area contributed by atoms with Crippen LogP contribution < -0.4 is 5.32 Å². The van der Waals surface area contributed by atoms with Crippen molar-refractivity contribution in [2.75, 3.05) is 11.9 Å². The lowest BCUT2D eigenvalue weighted by molar-refractivity contribution is 0.0529. The molecule has 168 valence electrons. The molecule has 0 bridgehead atoms. The molecule has 2 aromatic carbocycles. The number of thiophene rings is 1. The molecule has 2 heterocycles. The van der Waals surface area contributed by atoms with Gasteiger partial charge in [-0.05, 0) is 31.9 Å². The van der Waals surface area contributed by atoms with E-state index in [1.54, 1.807) is 18.5 Å². The van der Waals surface area contributed by atoms with E-state index in [1.165, 1.54) is 11.3 Å². The SMILES string of the molecule is CCOC(=O)c1c(-c2ccc(C)cc2)csc1NC(=O)c1nnn(Cc2ccccc2)c1C. The lowest BCUT2D eigenvalue weighted by Gasteiger charge is -2.09. The highest BCUT2D eigenvalue weighted by atomic mass is 32.1. The third-order valence-corrected chi connectivity index (χ3v) is 6.13. The van der Waals surface area contributed by atoms with Crippen molar-refractivity contribution in [3.05, 3.63) is 88.1 Å². The van der Waals surface area contributed by atoms with E-state index < -0.39 is 11.9 Å². The number of hydrogen-bond acceptors (Lipinski definition) is 6. The van der Waals surface area contributed by atoms with Crippen molar-refractivity contribution < 1.29 is 14.3 Å². The first-order valence-corrected chi connectivity index (χ1v) is 11.5. The van der Waals surface area contributed by atoms with E-state index in [0.717, 1.165) is 22.3 Å². The fourth-order valence-electron chi connectivity index (χ4n) is 3.44. The van der Waals surface area contributed by atoms with Gasteiger partial charge in [0.25, 0.3) is 5.91 Å². The lowest BCUT2D eigenvalue weighted by Crippen LogP contribution is -2.16. The summed E-state index contributed by atoms with van der Waals surface area (Å²) in [6.45, 7) is 6.31. The molecule has 4 aromatic rings. The van der Waals surface area contributed by atoms with E-state index in [1.807, 2.05) is 66.9 Å². The van der Waals surface area contributed by atoms with Crippen LogP contribution >= 0.6 is 11.3 Å². The van der Waals surface area contributed by atoms with Gasteiger partial charge in [-0.15, -0.1) is 16.4 Å². The van der Waals surface area contributed by atoms with Crippen LogP contribution in [-0.2, 0) is 11.3 Å². The summed E-state index contributed by atoms with van der Waals surface area (Å²) in [5, 5.41) is 13.3. The molecule has 7 nitrogen and oxygen atoms in total. The quantitative estimate of drug-likeness (QED) is 0.388. The normalized spacial score (nSPS) is 10.8. The Morgan fingerprint density at radius 1 is 1.06 bits per heavy atom. The Kier molecular flexibility index (Phi) is 6.65. The maximum absolute atomic E-state index is 13.1. The molecule has 33 heavy (non-hydrogen) atoms. The second-order valence-electron chi connectivity index (χ2n) is 7.56. The molecular weight excluding hydrogens is 436 g/mol. The highest BCUT2D eigenvalue weighted by Crippen LogP contribution is 2.36. The van der Waals surface area contributed by atoms with Crippen LogP contribution in [0.25, 0.3) is 11.1 Å². The largest absolute Gasteiger partial charge is 0.462 e. The second-order valence-corrected chi connectivity index (χ2v) is 8.44. The van der Waals surface area contributed by atoms with E-state index in [-0.39, 0.29) is 12.3 Å². The minimum absolute atomic E-state index is 0.214. The minimum Gasteiger partial charge on any atom is -0.462 e.